The van der Waals surface area contributed by atoms with Crippen molar-refractivity contribution in [3.63, 3.8) is 0 Å². The van der Waals surface area contributed by atoms with Crippen LogP contribution in [-0.2, 0) is 6.54 Å². The van der Waals surface area contributed by atoms with E-state index in [4.69, 9.17) is 11.6 Å². The van der Waals surface area contributed by atoms with Crippen LogP contribution in [0.15, 0.2) is 66.9 Å². The summed E-state index contributed by atoms with van der Waals surface area (Å²) < 4.78 is 296. The molecule has 1 aromatic heterocycles. The largest absolute Gasteiger partial charge is 0.286 e. The molecule has 0 saturated heterocycles. The maximum Gasteiger partial charge on any atom is 0.258 e. The predicted molar refractivity (Wildman–Crippen MR) is 194 cm³/mol. The number of carbonyl (C=O) groups is 1. The van der Waals surface area contributed by atoms with E-state index in [2.05, 4.69) is 12.1 Å². The first-order valence-corrected chi connectivity index (χ1v) is 18.3. The molecule has 0 bridgehead atoms. The summed E-state index contributed by atoms with van der Waals surface area (Å²) in [5.41, 5.74) is -12.5. The molecule has 0 amide bonds. The summed E-state index contributed by atoms with van der Waals surface area (Å²) >= 11 is 5.80. The fraction of sp³-hybridized carbons (Fsp3) is 0.0476. The maximum absolute atomic E-state index is 15.4. The van der Waals surface area contributed by atoms with E-state index < -0.39 is 144 Å². The maximum atomic E-state index is 15.4. The number of ketones is 1. The predicted octanol–water partition coefficient (Wildman–Crippen LogP) is 9.44. The molecule has 0 aliphatic rings. The van der Waals surface area contributed by atoms with E-state index in [1.54, 1.807) is 0 Å². The van der Waals surface area contributed by atoms with Gasteiger partial charge < -0.3 is 0 Å². The third-order valence-corrected chi connectivity index (χ3v) is 10.5. The summed E-state index contributed by atoms with van der Waals surface area (Å²) in [7, 11) is 0. The molecule has 0 atom stereocenters. The summed E-state index contributed by atoms with van der Waals surface area (Å²) in [6, 6.07) is 20.0. The number of benzene rings is 6. The zero-order chi connectivity index (χ0) is 49.0. The van der Waals surface area contributed by atoms with Crippen LogP contribution >= 0.6 is 11.6 Å². The molecule has 7 rings (SSSR count). The van der Waals surface area contributed by atoms with Crippen LogP contribution in [0.25, 0.3) is 10.8 Å². The van der Waals surface area contributed by atoms with Crippen LogP contribution in [0.3, 0.4) is 0 Å². The highest BCUT2D eigenvalue weighted by molar-refractivity contribution is 7.20. The Labute approximate surface area is 359 Å². The molecular weight excluding hydrogens is 961 g/mol. The number of halogens is 21. The van der Waals surface area contributed by atoms with Crippen LogP contribution in [0.1, 0.15) is 16.1 Å². The quantitative estimate of drug-likeness (QED) is 0.0283. The minimum atomic E-state index is -7.22. The lowest BCUT2D eigenvalue weighted by Crippen LogP contribution is -2.81. The third kappa shape index (κ3) is 7.55. The molecule has 1 heterocycles. The van der Waals surface area contributed by atoms with Crippen molar-refractivity contribution in [3.8, 4) is 0 Å². The van der Waals surface area contributed by atoms with Gasteiger partial charge in [0, 0.05) is 11.6 Å². The number of carbonyl (C=O) groups excluding carboxylic acids is 1. The van der Waals surface area contributed by atoms with Gasteiger partial charge in [-0.3, -0.25) is 4.79 Å². The number of rotatable bonds is 8. The number of fused-ring (bicyclic) bond motifs is 1. The van der Waals surface area contributed by atoms with Crippen molar-refractivity contribution in [1.82, 2.24) is 0 Å². The molecule has 24 heteroatoms. The van der Waals surface area contributed by atoms with Crippen LogP contribution in [0.4, 0.5) is 87.8 Å². The lowest BCUT2D eigenvalue weighted by atomic mass is 9.12. The highest BCUT2D eigenvalue weighted by Gasteiger charge is 2.52. The molecule has 0 aliphatic carbocycles. The fourth-order valence-corrected chi connectivity index (χ4v) is 7.54. The standard InChI is InChI=1S/C24BF20.C18H15ClNO/c26-5-1(6(27)14(35)21(42)13(5)34)25(2-7(28)15(36)22(43)16(37)8(2)29,3-9(30)17(38)23(44)18(39)10(3)31)4-11(32)19(40)24(45)20(41)12(4)33;19-12-17(21)18-16-9-5-4-8-15(16)10-11-20(18)13-14-6-2-1-3-7-14/h;1-11H,12-13H2/q-1;+1. The van der Waals surface area contributed by atoms with Gasteiger partial charge in [0.25, 0.3) is 5.69 Å². The number of nitrogens with zero attached hydrogens (tertiary/aromatic N) is 1. The van der Waals surface area contributed by atoms with E-state index in [9.17, 15) is 57.5 Å². The highest BCUT2D eigenvalue weighted by atomic mass is 35.5. The van der Waals surface area contributed by atoms with Gasteiger partial charge in [0.1, 0.15) is 52.7 Å². The summed E-state index contributed by atoms with van der Waals surface area (Å²) in [6.45, 7) is 0.656. The van der Waals surface area contributed by atoms with E-state index >= 15 is 35.1 Å². The van der Waals surface area contributed by atoms with Crippen molar-refractivity contribution in [1.29, 1.82) is 0 Å². The molecule has 0 N–H and O–H groups in total. The highest BCUT2D eigenvalue weighted by Crippen LogP contribution is 2.31. The fourth-order valence-electron chi connectivity index (χ4n) is 7.42. The van der Waals surface area contributed by atoms with Crippen LogP contribution < -0.4 is 26.4 Å². The Morgan fingerprint density at radius 1 is 0.394 bits per heavy atom. The average molecular weight is 976 g/mol. The molecule has 0 unspecified atom stereocenters. The zero-order valence-electron chi connectivity index (χ0n) is 31.6. The molecule has 6 aromatic carbocycles. The minimum Gasteiger partial charge on any atom is -0.286 e. The first kappa shape index (κ1) is 48.8. The van der Waals surface area contributed by atoms with Crippen molar-refractivity contribution >= 4 is 56.2 Å². The van der Waals surface area contributed by atoms with Gasteiger partial charge in [-0.1, -0.05) is 48.5 Å². The molecule has 0 radical (unpaired) electrons. The van der Waals surface area contributed by atoms with Gasteiger partial charge in [0.15, 0.2) is 82.5 Å². The van der Waals surface area contributed by atoms with Gasteiger partial charge in [-0.05, 0) is 11.5 Å². The van der Waals surface area contributed by atoms with Crippen LogP contribution in [0.2, 0.25) is 0 Å². The molecule has 0 aliphatic heterocycles. The number of aromatic nitrogens is 1. The topological polar surface area (TPSA) is 20.9 Å². The SMILES string of the molecule is Fc1c(F)c(F)c([B-](c2c(F)c(F)c(F)c(F)c2F)(c2c(F)c(F)c(F)c(F)c2F)c2c(F)c(F)c(F)c(F)c2F)c(F)c1F.O=C(CCl)c1c2ccccc2cc[n+]1Cc1ccccc1. The van der Waals surface area contributed by atoms with E-state index in [0.29, 0.717) is 12.2 Å². The summed E-state index contributed by atoms with van der Waals surface area (Å²) in [5, 5.41) is 2.00. The van der Waals surface area contributed by atoms with E-state index in [-0.39, 0.29) is 11.7 Å². The number of hydrogen-bond donors (Lipinski definition) is 0. The van der Waals surface area contributed by atoms with E-state index in [1.165, 1.54) is 0 Å². The Hall–Kier alpha value is -6.65. The Morgan fingerprint density at radius 3 is 1.00 bits per heavy atom. The van der Waals surface area contributed by atoms with Gasteiger partial charge in [-0.25, -0.2) is 87.8 Å². The first-order chi connectivity index (χ1) is 31.0. The number of hydrogen-bond acceptors (Lipinski definition) is 1. The molecule has 66 heavy (non-hydrogen) atoms. The van der Waals surface area contributed by atoms with Crippen molar-refractivity contribution in [2.45, 2.75) is 6.54 Å². The Balaban J connectivity index is 0.000000284. The van der Waals surface area contributed by atoms with Crippen molar-refractivity contribution in [2.75, 3.05) is 5.88 Å². The normalized spacial score (nSPS) is 11.6. The van der Waals surface area contributed by atoms with Gasteiger partial charge in [-0.15, -0.1) is 33.5 Å². The number of Topliss-reactive ketones (excluding diaryl/α,β-unsaturated/α-hetero) is 1. The van der Waals surface area contributed by atoms with Crippen molar-refractivity contribution < 1.29 is 97.2 Å². The second-order valence-electron chi connectivity index (χ2n) is 13.7. The Morgan fingerprint density at radius 2 is 0.682 bits per heavy atom. The van der Waals surface area contributed by atoms with Crippen LogP contribution in [0.5, 0.6) is 0 Å². The van der Waals surface area contributed by atoms with Gasteiger partial charge in [0.2, 0.25) is 5.78 Å². The molecule has 344 valence electrons. The first-order valence-electron chi connectivity index (χ1n) is 17.8. The Kier molecular flexibility index (Phi) is 13.5. The minimum absolute atomic E-state index is 0.0111. The van der Waals surface area contributed by atoms with E-state index in [1.807, 2.05) is 59.3 Å². The van der Waals surface area contributed by atoms with Crippen LogP contribution in [-0.4, -0.2) is 17.8 Å². The Bertz CT molecular complexity index is 2750. The van der Waals surface area contributed by atoms with Gasteiger partial charge in [0.05, 0.1) is 11.3 Å². The second kappa shape index (κ2) is 18.3. The average Bonchev–Trinajstić information content (AvgIpc) is 3.31. The molecular formula is C42H15BClF20NO. The molecule has 2 nitrogen and oxygen atoms in total. The zero-order valence-corrected chi connectivity index (χ0v) is 32.4. The summed E-state index contributed by atoms with van der Waals surface area (Å²) in [5.74, 6) is -71.5. The third-order valence-electron chi connectivity index (χ3n) is 10.2. The smallest absolute Gasteiger partial charge is 0.258 e. The second-order valence-corrected chi connectivity index (χ2v) is 14.0. The number of pyridine rings is 1. The lowest BCUT2D eigenvalue weighted by Gasteiger charge is -2.44. The van der Waals surface area contributed by atoms with Gasteiger partial charge >= 0.3 is 0 Å². The number of alkyl halides is 1. The lowest BCUT2D eigenvalue weighted by molar-refractivity contribution is -0.688. The summed E-state index contributed by atoms with van der Waals surface area (Å²) in [4.78, 5) is 12.3. The molecule has 7 aromatic rings. The molecule has 0 fully saturated rings. The van der Waals surface area contributed by atoms with Crippen molar-refractivity contribution in [3.05, 3.63) is 194 Å². The van der Waals surface area contributed by atoms with E-state index in [0.717, 1.165) is 16.3 Å². The van der Waals surface area contributed by atoms with Crippen LogP contribution in [0, 0.1) is 116 Å². The molecule has 0 spiro atoms. The monoisotopic (exact) mass is 975 g/mol. The molecule has 0 saturated carbocycles. The van der Waals surface area contributed by atoms with Gasteiger partial charge in [-0.2, -0.15) is 4.57 Å². The summed E-state index contributed by atoms with van der Waals surface area (Å²) in [6.07, 6.45) is -5.26. The van der Waals surface area contributed by atoms with Crippen molar-refractivity contribution in [2.24, 2.45) is 0 Å².